The molecule has 0 bridgehead atoms. The van der Waals surface area contributed by atoms with Gasteiger partial charge in [0.2, 0.25) is 5.91 Å². The fourth-order valence-corrected chi connectivity index (χ4v) is 4.76. The Labute approximate surface area is 206 Å². The summed E-state index contributed by atoms with van der Waals surface area (Å²) in [4.78, 5) is 37.1. The van der Waals surface area contributed by atoms with Crippen molar-refractivity contribution in [2.75, 3.05) is 23.9 Å². The number of alkyl carbamates (subject to hydrolysis) is 1. The molecule has 0 spiro atoms. The normalized spacial score (nSPS) is 13.0. The molecular formula is C25H26N4O5S. The molecule has 3 aromatic rings. The Morgan fingerprint density at radius 2 is 1.74 bits per heavy atom. The van der Waals surface area contributed by atoms with Gasteiger partial charge in [-0.2, -0.15) is 16.9 Å². The zero-order valence-corrected chi connectivity index (χ0v) is 20.2. The van der Waals surface area contributed by atoms with Crippen molar-refractivity contribution in [2.24, 2.45) is 7.05 Å². The number of rotatable bonds is 9. The fourth-order valence-electron chi connectivity index (χ4n) is 4.29. The Morgan fingerprint density at radius 1 is 1.11 bits per heavy atom. The van der Waals surface area contributed by atoms with Gasteiger partial charge >= 0.3 is 12.1 Å². The Morgan fingerprint density at radius 3 is 2.34 bits per heavy atom. The molecule has 0 fully saturated rings. The largest absolute Gasteiger partial charge is 0.476 e. The van der Waals surface area contributed by atoms with E-state index < -0.39 is 24.0 Å². The highest BCUT2D eigenvalue weighted by molar-refractivity contribution is 7.98. The quantitative estimate of drug-likeness (QED) is 0.414. The first-order chi connectivity index (χ1) is 16.9. The monoisotopic (exact) mass is 494 g/mol. The van der Waals surface area contributed by atoms with Crippen LogP contribution in [0, 0.1) is 0 Å². The van der Waals surface area contributed by atoms with Gasteiger partial charge in [0, 0.05) is 13.0 Å². The lowest BCUT2D eigenvalue weighted by Crippen LogP contribution is -2.44. The topological polar surface area (TPSA) is 123 Å². The van der Waals surface area contributed by atoms with Gasteiger partial charge in [0.1, 0.15) is 12.6 Å². The van der Waals surface area contributed by atoms with Crippen molar-refractivity contribution in [1.29, 1.82) is 0 Å². The molecule has 10 heteroatoms. The van der Waals surface area contributed by atoms with Crippen molar-refractivity contribution in [3.63, 3.8) is 0 Å². The molecule has 0 saturated carbocycles. The minimum Gasteiger partial charge on any atom is -0.476 e. The maximum atomic E-state index is 12.9. The Balaban J connectivity index is 1.43. The maximum absolute atomic E-state index is 12.9. The van der Waals surface area contributed by atoms with Gasteiger partial charge in [-0.05, 0) is 40.7 Å². The number of aryl methyl sites for hydroxylation is 1. The molecule has 0 saturated heterocycles. The van der Waals surface area contributed by atoms with Crippen LogP contribution in [-0.4, -0.2) is 57.5 Å². The lowest BCUT2D eigenvalue weighted by Gasteiger charge is -2.19. The number of anilines is 1. The van der Waals surface area contributed by atoms with E-state index >= 15 is 0 Å². The van der Waals surface area contributed by atoms with Crippen molar-refractivity contribution in [2.45, 2.75) is 18.4 Å². The molecule has 35 heavy (non-hydrogen) atoms. The van der Waals surface area contributed by atoms with Gasteiger partial charge in [-0.3, -0.25) is 9.48 Å². The van der Waals surface area contributed by atoms with Crippen LogP contribution in [0.5, 0.6) is 0 Å². The summed E-state index contributed by atoms with van der Waals surface area (Å²) in [5, 5.41) is 18.5. The molecule has 0 radical (unpaired) electrons. The number of aromatic nitrogens is 2. The average molecular weight is 495 g/mol. The molecular weight excluding hydrogens is 468 g/mol. The summed E-state index contributed by atoms with van der Waals surface area (Å²) in [5.41, 5.74) is 4.35. The molecule has 2 amide bonds. The second-order valence-corrected chi connectivity index (χ2v) is 9.11. The van der Waals surface area contributed by atoms with E-state index in [-0.39, 0.29) is 23.9 Å². The van der Waals surface area contributed by atoms with Gasteiger partial charge in [-0.15, -0.1) is 0 Å². The molecule has 1 aliphatic rings. The summed E-state index contributed by atoms with van der Waals surface area (Å²) >= 11 is 1.53. The van der Waals surface area contributed by atoms with Gasteiger partial charge < -0.3 is 20.5 Å². The van der Waals surface area contributed by atoms with Crippen LogP contribution in [0.25, 0.3) is 11.1 Å². The van der Waals surface area contributed by atoms with Gasteiger partial charge in [-0.25, -0.2) is 9.59 Å². The summed E-state index contributed by atoms with van der Waals surface area (Å²) in [7, 11) is 1.47. The Hall–Kier alpha value is -3.79. The number of aromatic carboxylic acids is 1. The Bertz CT molecular complexity index is 1210. The number of benzene rings is 2. The zero-order valence-electron chi connectivity index (χ0n) is 19.4. The number of hydrogen-bond acceptors (Lipinski definition) is 6. The predicted octanol–water partition coefficient (Wildman–Crippen LogP) is 3.72. The molecule has 2 aromatic carbocycles. The number of carboxylic acid groups (broad SMARTS) is 1. The van der Waals surface area contributed by atoms with Crippen molar-refractivity contribution in [1.82, 2.24) is 15.1 Å². The fraction of sp³-hybridized carbons (Fsp3) is 0.280. The number of nitrogens with one attached hydrogen (secondary N) is 2. The summed E-state index contributed by atoms with van der Waals surface area (Å²) in [5.74, 6) is -1.24. The van der Waals surface area contributed by atoms with Crippen LogP contribution in [0.1, 0.15) is 34.0 Å². The predicted molar refractivity (Wildman–Crippen MR) is 134 cm³/mol. The molecule has 9 nitrogen and oxygen atoms in total. The standard InChI is InChI=1S/C25H26N4O5S/c1-29-22(24(31)32)21(13-26-29)27-23(30)20(11-12-35-2)28-25(33)34-14-19-17-9-5-3-7-15(17)16-8-4-6-10-18(16)19/h3-10,13,19-20H,11-12,14H2,1-2H3,(H,27,30)(H,28,33)(H,31,32)/t20-/m1/s1. The van der Waals surface area contributed by atoms with E-state index in [0.29, 0.717) is 12.2 Å². The van der Waals surface area contributed by atoms with Gasteiger partial charge in [0.15, 0.2) is 5.69 Å². The van der Waals surface area contributed by atoms with E-state index in [1.807, 2.05) is 42.7 Å². The summed E-state index contributed by atoms with van der Waals surface area (Å²) < 4.78 is 6.73. The van der Waals surface area contributed by atoms with E-state index in [9.17, 15) is 19.5 Å². The van der Waals surface area contributed by atoms with E-state index in [2.05, 4.69) is 27.9 Å². The molecule has 1 aliphatic carbocycles. The lowest BCUT2D eigenvalue weighted by atomic mass is 9.98. The third-order valence-electron chi connectivity index (χ3n) is 5.96. The number of carbonyl (C=O) groups is 3. The van der Waals surface area contributed by atoms with Crippen LogP contribution in [0.2, 0.25) is 0 Å². The van der Waals surface area contributed by atoms with Crippen molar-refractivity contribution < 1.29 is 24.2 Å². The third kappa shape index (κ3) is 5.17. The van der Waals surface area contributed by atoms with E-state index in [0.717, 1.165) is 26.9 Å². The van der Waals surface area contributed by atoms with Crippen LogP contribution < -0.4 is 10.6 Å². The second-order valence-electron chi connectivity index (χ2n) is 8.13. The second kappa shape index (κ2) is 10.6. The molecule has 1 atom stereocenters. The number of nitrogens with zero attached hydrogens (tertiary/aromatic N) is 2. The van der Waals surface area contributed by atoms with Gasteiger partial charge in [0.25, 0.3) is 0 Å². The van der Waals surface area contributed by atoms with E-state index in [1.54, 1.807) is 0 Å². The smallest absolute Gasteiger partial charge is 0.407 e. The first-order valence-electron chi connectivity index (χ1n) is 11.1. The highest BCUT2D eigenvalue weighted by Crippen LogP contribution is 2.44. The average Bonchev–Trinajstić information content (AvgIpc) is 3.37. The molecule has 3 N–H and O–H groups in total. The minimum absolute atomic E-state index is 0.0634. The number of carbonyl (C=O) groups excluding carboxylic acids is 2. The number of ether oxygens (including phenoxy) is 1. The van der Waals surface area contributed by atoms with E-state index in [1.165, 1.54) is 25.0 Å². The SMILES string of the molecule is CSCC[C@@H](NC(=O)OCC1c2ccccc2-c2ccccc21)C(=O)Nc1cnn(C)c1C(=O)O. The molecule has 0 unspecified atom stereocenters. The molecule has 4 rings (SSSR count). The number of carboxylic acids is 1. The molecule has 0 aliphatic heterocycles. The highest BCUT2D eigenvalue weighted by atomic mass is 32.2. The first-order valence-corrected chi connectivity index (χ1v) is 12.5. The van der Waals surface area contributed by atoms with Crippen LogP contribution in [0.4, 0.5) is 10.5 Å². The van der Waals surface area contributed by atoms with Crippen LogP contribution in [0.3, 0.4) is 0 Å². The van der Waals surface area contributed by atoms with Crippen LogP contribution >= 0.6 is 11.8 Å². The minimum atomic E-state index is -1.22. The van der Waals surface area contributed by atoms with Crippen LogP contribution in [0.15, 0.2) is 54.7 Å². The molecule has 1 aromatic heterocycles. The maximum Gasteiger partial charge on any atom is 0.407 e. The molecule has 1 heterocycles. The van der Waals surface area contributed by atoms with E-state index in [4.69, 9.17) is 4.74 Å². The van der Waals surface area contributed by atoms with Crippen LogP contribution in [-0.2, 0) is 16.6 Å². The Kier molecular flexibility index (Phi) is 7.40. The summed E-state index contributed by atoms with van der Waals surface area (Å²) in [6.07, 6.45) is 2.80. The van der Waals surface area contributed by atoms with Crippen molar-refractivity contribution >= 4 is 35.4 Å². The van der Waals surface area contributed by atoms with Crippen molar-refractivity contribution in [3.8, 4) is 11.1 Å². The highest BCUT2D eigenvalue weighted by Gasteiger charge is 2.30. The summed E-state index contributed by atoms with van der Waals surface area (Å²) in [6, 6.07) is 15.2. The lowest BCUT2D eigenvalue weighted by molar-refractivity contribution is -0.118. The van der Waals surface area contributed by atoms with Crippen molar-refractivity contribution in [3.05, 3.63) is 71.5 Å². The number of thioether (sulfide) groups is 1. The number of fused-ring (bicyclic) bond motifs is 3. The zero-order chi connectivity index (χ0) is 24.9. The van der Waals surface area contributed by atoms with Gasteiger partial charge in [0.05, 0.1) is 11.9 Å². The number of hydrogen-bond donors (Lipinski definition) is 3. The number of amides is 2. The molecule has 182 valence electrons. The first kappa shape index (κ1) is 24.3. The van der Waals surface area contributed by atoms with Gasteiger partial charge in [-0.1, -0.05) is 48.5 Å². The summed E-state index contributed by atoms with van der Waals surface area (Å²) in [6.45, 7) is 0.127. The third-order valence-corrected chi connectivity index (χ3v) is 6.61.